The van der Waals surface area contributed by atoms with Crippen LogP contribution in [0.2, 0.25) is 0 Å². The van der Waals surface area contributed by atoms with Crippen molar-refractivity contribution in [3.05, 3.63) is 36.4 Å². The Hall–Kier alpha value is -3.14. The van der Waals surface area contributed by atoms with Gasteiger partial charge in [0.05, 0.1) is 39.0 Å². The molecule has 0 bridgehead atoms. The van der Waals surface area contributed by atoms with Crippen LogP contribution in [-0.2, 0) is 14.8 Å². The molecule has 34 heavy (non-hydrogen) atoms. The number of anilines is 1. The third-order valence-electron chi connectivity index (χ3n) is 5.89. The van der Waals surface area contributed by atoms with Crippen LogP contribution in [0, 0.1) is 5.92 Å². The molecule has 0 radical (unpaired) electrons. The summed E-state index contributed by atoms with van der Waals surface area (Å²) in [5.74, 6) is 1.47. The molecule has 0 saturated carbocycles. The van der Waals surface area contributed by atoms with Crippen molar-refractivity contribution >= 4 is 21.6 Å². The summed E-state index contributed by atoms with van der Waals surface area (Å²) >= 11 is 0. The summed E-state index contributed by atoms with van der Waals surface area (Å²) in [7, 11) is 1.63. The van der Waals surface area contributed by atoms with E-state index in [0.29, 0.717) is 36.3 Å². The van der Waals surface area contributed by atoms with Gasteiger partial charge in [-0.15, -0.1) is 0 Å². The SMILES string of the molecule is COc1ccc(OC)c(N(CC(=O)N2CCC[C@H](C)C2)S(=O)(=O)c2ccc(OC)c(OC)c2)c1. The van der Waals surface area contributed by atoms with Gasteiger partial charge in [0.1, 0.15) is 18.0 Å². The molecule has 1 atom stereocenters. The van der Waals surface area contributed by atoms with Crippen molar-refractivity contribution in [2.45, 2.75) is 24.7 Å². The molecule has 1 fully saturated rings. The van der Waals surface area contributed by atoms with Crippen molar-refractivity contribution < 1.29 is 32.2 Å². The number of methoxy groups -OCH3 is 4. The molecule has 0 N–H and O–H groups in total. The molecule has 0 aromatic heterocycles. The summed E-state index contributed by atoms with van der Waals surface area (Å²) in [5.41, 5.74) is 0.204. The van der Waals surface area contributed by atoms with Crippen LogP contribution in [-0.4, -0.2) is 67.3 Å². The first-order valence-corrected chi connectivity index (χ1v) is 12.4. The van der Waals surface area contributed by atoms with Crippen molar-refractivity contribution in [2.24, 2.45) is 5.92 Å². The third kappa shape index (κ3) is 5.32. The number of likely N-dealkylation sites (tertiary alicyclic amines) is 1. The molecule has 1 saturated heterocycles. The monoisotopic (exact) mass is 492 g/mol. The normalized spacial score (nSPS) is 16.0. The highest BCUT2D eigenvalue weighted by Crippen LogP contribution is 2.37. The van der Waals surface area contributed by atoms with Gasteiger partial charge in [0, 0.05) is 25.2 Å². The molecule has 10 heteroatoms. The molecule has 186 valence electrons. The van der Waals surface area contributed by atoms with Gasteiger partial charge in [-0.05, 0) is 43.0 Å². The van der Waals surface area contributed by atoms with Crippen LogP contribution in [0.5, 0.6) is 23.0 Å². The van der Waals surface area contributed by atoms with E-state index in [0.717, 1.165) is 17.1 Å². The number of hydrogen-bond donors (Lipinski definition) is 0. The number of carbonyl (C=O) groups excluding carboxylic acids is 1. The van der Waals surface area contributed by atoms with Gasteiger partial charge < -0.3 is 23.8 Å². The molecule has 1 aliphatic heterocycles. The van der Waals surface area contributed by atoms with E-state index in [1.165, 1.54) is 46.6 Å². The average molecular weight is 493 g/mol. The first-order valence-electron chi connectivity index (χ1n) is 11.0. The summed E-state index contributed by atoms with van der Waals surface area (Å²) in [4.78, 5) is 15.0. The predicted octanol–water partition coefficient (Wildman–Crippen LogP) is 3.17. The molecule has 0 spiro atoms. The Balaban J connectivity index is 2.10. The minimum atomic E-state index is -4.20. The van der Waals surface area contributed by atoms with Crippen LogP contribution in [0.15, 0.2) is 41.3 Å². The van der Waals surface area contributed by atoms with Gasteiger partial charge in [-0.1, -0.05) is 6.92 Å². The second-order valence-corrected chi connectivity index (χ2v) is 10.0. The van der Waals surface area contributed by atoms with Crippen molar-refractivity contribution in [3.63, 3.8) is 0 Å². The number of piperidine rings is 1. The van der Waals surface area contributed by atoms with Gasteiger partial charge in [-0.3, -0.25) is 9.10 Å². The predicted molar refractivity (Wildman–Crippen MR) is 129 cm³/mol. The number of sulfonamides is 1. The summed E-state index contributed by atoms with van der Waals surface area (Å²) in [6.07, 6.45) is 1.93. The van der Waals surface area contributed by atoms with E-state index in [2.05, 4.69) is 6.92 Å². The van der Waals surface area contributed by atoms with Gasteiger partial charge in [0.2, 0.25) is 5.91 Å². The molecular weight excluding hydrogens is 460 g/mol. The summed E-state index contributed by atoms with van der Waals surface area (Å²) < 4.78 is 50.2. The highest BCUT2D eigenvalue weighted by atomic mass is 32.2. The average Bonchev–Trinajstić information content (AvgIpc) is 2.86. The van der Waals surface area contributed by atoms with Gasteiger partial charge in [0.25, 0.3) is 10.0 Å². The first kappa shape index (κ1) is 25.5. The molecule has 3 rings (SSSR count). The summed E-state index contributed by atoms with van der Waals surface area (Å²) in [6, 6.07) is 9.13. The van der Waals surface area contributed by atoms with E-state index in [4.69, 9.17) is 18.9 Å². The van der Waals surface area contributed by atoms with Crippen LogP contribution in [0.1, 0.15) is 19.8 Å². The quantitative estimate of drug-likeness (QED) is 0.531. The zero-order valence-corrected chi connectivity index (χ0v) is 21.1. The van der Waals surface area contributed by atoms with Gasteiger partial charge in [0.15, 0.2) is 11.5 Å². The minimum Gasteiger partial charge on any atom is -0.497 e. The summed E-state index contributed by atoms with van der Waals surface area (Å²) in [5, 5.41) is 0. The summed E-state index contributed by atoms with van der Waals surface area (Å²) in [6.45, 7) is 2.90. The Morgan fingerprint density at radius 1 is 0.971 bits per heavy atom. The van der Waals surface area contributed by atoms with E-state index in [-0.39, 0.29) is 28.8 Å². The van der Waals surface area contributed by atoms with Crippen LogP contribution < -0.4 is 23.3 Å². The van der Waals surface area contributed by atoms with Crippen molar-refractivity contribution in [2.75, 3.05) is 52.4 Å². The Bertz CT molecular complexity index is 1120. The smallest absolute Gasteiger partial charge is 0.265 e. The lowest BCUT2D eigenvalue weighted by molar-refractivity contribution is -0.131. The highest BCUT2D eigenvalue weighted by Gasteiger charge is 2.33. The number of ether oxygens (including phenoxy) is 4. The molecule has 1 heterocycles. The van der Waals surface area contributed by atoms with E-state index < -0.39 is 10.0 Å². The van der Waals surface area contributed by atoms with E-state index in [9.17, 15) is 13.2 Å². The fraction of sp³-hybridized carbons (Fsp3) is 0.458. The number of amides is 1. The maximum absolute atomic E-state index is 13.9. The molecule has 0 aliphatic carbocycles. The number of hydrogen-bond acceptors (Lipinski definition) is 7. The fourth-order valence-corrected chi connectivity index (χ4v) is 5.47. The number of rotatable bonds is 9. The van der Waals surface area contributed by atoms with Gasteiger partial charge in [-0.2, -0.15) is 0 Å². The van der Waals surface area contributed by atoms with Crippen molar-refractivity contribution in [3.8, 4) is 23.0 Å². The van der Waals surface area contributed by atoms with Gasteiger partial charge >= 0.3 is 0 Å². The number of carbonyl (C=O) groups is 1. The lowest BCUT2D eigenvalue weighted by Crippen LogP contribution is -2.46. The maximum atomic E-state index is 13.9. The highest BCUT2D eigenvalue weighted by molar-refractivity contribution is 7.92. The Kier molecular flexibility index (Phi) is 8.14. The molecule has 9 nitrogen and oxygen atoms in total. The molecule has 2 aromatic rings. The zero-order valence-electron chi connectivity index (χ0n) is 20.2. The second kappa shape index (κ2) is 10.9. The van der Waals surface area contributed by atoms with E-state index in [1.54, 1.807) is 23.1 Å². The van der Waals surface area contributed by atoms with E-state index >= 15 is 0 Å². The molecule has 1 aliphatic rings. The minimum absolute atomic E-state index is 0.0464. The standard InChI is InChI=1S/C24H32N2O7S/c1-17-7-6-12-25(15-17)24(27)16-26(20-13-18(30-2)8-10-21(20)31-3)34(28,29)19-9-11-22(32-4)23(14-19)33-5/h8-11,13-14,17H,6-7,12,15-16H2,1-5H3/t17-/m0/s1. The molecule has 0 unspecified atom stereocenters. The van der Waals surface area contributed by atoms with Crippen LogP contribution in [0.25, 0.3) is 0 Å². The Labute approximate surface area is 201 Å². The zero-order chi connectivity index (χ0) is 24.9. The fourth-order valence-electron chi connectivity index (χ4n) is 4.03. The van der Waals surface area contributed by atoms with Gasteiger partial charge in [-0.25, -0.2) is 8.42 Å². The number of benzene rings is 2. The van der Waals surface area contributed by atoms with Crippen molar-refractivity contribution in [1.82, 2.24) is 4.90 Å². The lowest BCUT2D eigenvalue weighted by Gasteiger charge is -2.33. The van der Waals surface area contributed by atoms with E-state index in [1.807, 2.05) is 0 Å². The van der Waals surface area contributed by atoms with Crippen LogP contribution in [0.4, 0.5) is 5.69 Å². The molecular formula is C24H32N2O7S. The lowest BCUT2D eigenvalue weighted by atomic mass is 10.0. The number of nitrogens with zero attached hydrogens (tertiary/aromatic N) is 2. The Morgan fingerprint density at radius 2 is 1.65 bits per heavy atom. The topological polar surface area (TPSA) is 94.6 Å². The van der Waals surface area contributed by atoms with Crippen LogP contribution in [0.3, 0.4) is 0 Å². The first-order chi connectivity index (χ1) is 16.2. The third-order valence-corrected chi connectivity index (χ3v) is 7.64. The molecule has 1 amide bonds. The Morgan fingerprint density at radius 3 is 2.26 bits per heavy atom. The van der Waals surface area contributed by atoms with Crippen molar-refractivity contribution in [1.29, 1.82) is 0 Å². The largest absolute Gasteiger partial charge is 0.497 e. The van der Waals surface area contributed by atoms with Crippen LogP contribution >= 0.6 is 0 Å². The molecule has 2 aromatic carbocycles. The maximum Gasteiger partial charge on any atom is 0.265 e. The second-order valence-electron chi connectivity index (χ2n) is 8.15.